The maximum atomic E-state index is 11.2. The molecule has 0 spiro atoms. The molecule has 3 rings (SSSR count). The highest BCUT2D eigenvalue weighted by atomic mass is 79.9. The van der Waals surface area contributed by atoms with Gasteiger partial charge in [-0.1, -0.05) is 52.3 Å². The first-order valence-electron chi connectivity index (χ1n) is 6.23. The smallest absolute Gasteiger partial charge is 0.307 e. The third kappa shape index (κ3) is 2.23. The van der Waals surface area contributed by atoms with Crippen LogP contribution in [0.5, 0.6) is 0 Å². The number of aromatic amines is 1. The van der Waals surface area contributed by atoms with Gasteiger partial charge in [0.25, 0.3) is 0 Å². The molecule has 0 saturated heterocycles. The number of aliphatic carboxylic acids is 1. The summed E-state index contributed by atoms with van der Waals surface area (Å²) < 4.78 is 0.943. The Kier molecular flexibility index (Phi) is 3.32. The Morgan fingerprint density at radius 2 is 1.80 bits per heavy atom. The molecule has 0 saturated carbocycles. The molecule has 100 valence electrons. The average Bonchev–Trinajstić information content (AvgIpc) is 2.78. The Balaban J connectivity index is 2.29. The molecule has 20 heavy (non-hydrogen) atoms. The molecule has 0 radical (unpaired) electrons. The summed E-state index contributed by atoms with van der Waals surface area (Å²) in [5.41, 5.74) is 3.61. The zero-order chi connectivity index (χ0) is 14.1. The van der Waals surface area contributed by atoms with Gasteiger partial charge < -0.3 is 10.1 Å². The van der Waals surface area contributed by atoms with Gasteiger partial charge in [-0.3, -0.25) is 4.79 Å². The minimum Gasteiger partial charge on any atom is -0.481 e. The van der Waals surface area contributed by atoms with Crippen molar-refractivity contribution < 1.29 is 9.90 Å². The SMILES string of the molecule is O=C(O)Cc1c(-c2ccccc2Br)[nH]c2ccccc12. The first-order chi connectivity index (χ1) is 9.66. The lowest BCUT2D eigenvalue weighted by molar-refractivity contribution is -0.136. The zero-order valence-electron chi connectivity index (χ0n) is 10.6. The van der Waals surface area contributed by atoms with Crippen molar-refractivity contribution in [3.8, 4) is 11.3 Å². The number of nitrogens with one attached hydrogen (secondary N) is 1. The summed E-state index contributed by atoms with van der Waals surface area (Å²) >= 11 is 3.52. The predicted molar refractivity (Wildman–Crippen MR) is 82.8 cm³/mol. The van der Waals surface area contributed by atoms with Crippen LogP contribution in [0, 0.1) is 0 Å². The van der Waals surface area contributed by atoms with Gasteiger partial charge in [0.05, 0.1) is 12.1 Å². The van der Waals surface area contributed by atoms with Gasteiger partial charge in [-0.25, -0.2) is 0 Å². The van der Waals surface area contributed by atoms with E-state index in [9.17, 15) is 4.79 Å². The highest BCUT2D eigenvalue weighted by molar-refractivity contribution is 9.10. The van der Waals surface area contributed by atoms with Crippen LogP contribution in [0.3, 0.4) is 0 Å². The van der Waals surface area contributed by atoms with Crippen molar-refractivity contribution in [2.24, 2.45) is 0 Å². The number of H-pyrrole nitrogens is 1. The summed E-state index contributed by atoms with van der Waals surface area (Å²) in [6.07, 6.45) is 0.000676. The Morgan fingerprint density at radius 1 is 1.10 bits per heavy atom. The molecule has 1 aromatic heterocycles. The van der Waals surface area contributed by atoms with Crippen LogP contribution < -0.4 is 0 Å². The number of carbonyl (C=O) groups is 1. The maximum absolute atomic E-state index is 11.2. The summed E-state index contributed by atoms with van der Waals surface area (Å²) in [5, 5.41) is 10.1. The number of benzene rings is 2. The third-order valence-electron chi connectivity index (χ3n) is 3.28. The van der Waals surface area contributed by atoms with Crippen LogP contribution in [-0.2, 0) is 11.2 Å². The normalized spacial score (nSPS) is 10.8. The van der Waals surface area contributed by atoms with Crippen molar-refractivity contribution >= 4 is 32.8 Å². The van der Waals surface area contributed by atoms with E-state index in [4.69, 9.17) is 5.11 Å². The van der Waals surface area contributed by atoms with E-state index in [-0.39, 0.29) is 6.42 Å². The zero-order valence-corrected chi connectivity index (χ0v) is 12.1. The molecule has 4 heteroatoms. The number of hydrogen-bond acceptors (Lipinski definition) is 1. The molecule has 0 aliphatic rings. The molecular formula is C16H12BrNO2. The number of carboxylic acid groups (broad SMARTS) is 1. The van der Waals surface area contributed by atoms with E-state index in [1.54, 1.807) is 0 Å². The van der Waals surface area contributed by atoms with E-state index in [0.29, 0.717) is 0 Å². The Labute approximate surface area is 124 Å². The highest BCUT2D eigenvalue weighted by Crippen LogP contribution is 2.34. The maximum Gasteiger partial charge on any atom is 0.307 e. The van der Waals surface area contributed by atoms with Crippen LogP contribution in [0.2, 0.25) is 0 Å². The van der Waals surface area contributed by atoms with Gasteiger partial charge in [-0.15, -0.1) is 0 Å². The van der Waals surface area contributed by atoms with Gasteiger partial charge in [-0.05, 0) is 17.7 Å². The number of halogens is 1. The van der Waals surface area contributed by atoms with Crippen molar-refractivity contribution in [1.29, 1.82) is 0 Å². The quantitative estimate of drug-likeness (QED) is 0.755. The lowest BCUT2D eigenvalue weighted by Gasteiger charge is -2.05. The van der Waals surface area contributed by atoms with E-state index in [1.807, 2.05) is 48.5 Å². The third-order valence-corrected chi connectivity index (χ3v) is 3.98. The van der Waals surface area contributed by atoms with Crippen molar-refractivity contribution in [3.05, 3.63) is 58.6 Å². The first kappa shape index (κ1) is 12.9. The van der Waals surface area contributed by atoms with E-state index in [2.05, 4.69) is 20.9 Å². The molecule has 0 aliphatic carbocycles. The van der Waals surface area contributed by atoms with E-state index >= 15 is 0 Å². The van der Waals surface area contributed by atoms with Gasteiger partial charge in [-0.2, -0.15) is 0 Å². The summed E-state index contributed by atoms with van der Waals surface area (Å²) in [7, 11) is 0. The fraction of sp³-hybridized carbons (Fsp3) is 0.0625. The molecule has 0 bridgehead atoms. The van der Waals surface area contributed by atoms with Crippen molar-refractivity contribution in [3.63, 3.8) is 0 Å². The van der Waals surface area contributed by atoms with Crippen molar-refractivity contribution in [1.82, 2.24) is 4.98 Å². The molecule has 2 N–H and O–H groups in total. The number of fused-ring (bicyclic) bond motifs is 1. The monoisotopic (exact) mass is 329 g/mol. The molecular weight excluding hydrogens is 318 g/mol. The molecule has 0 aliphatic heterocycles. The van der Waals surface area contributed by atoms with Crippen molar-refractivity contribution in [2.75, 3.05) is 0 Å². The molecule has 2 aromatic carbocycles. The average molecular weight is 330 g/mol. The number of rotatable bonds is 3. The predicted octanol–water partition coefficient (Wildman–Crippen LogP) is 4.22. The second kappa shape index (κ2) is 5.13. The van der Waals surface area contributed by atoms with Crippen LogP contribution in [0.4, 0.5) is 0 Å². The van der Waals surface area contributed by atoms with Crippen LogP contribution >= 0.6 is 15.9 Å². The molecule has 3 nitrogen and oxygen atoms in total. The van der Waals surface area contributed by atoms with E-state index < -0.39 is 5.97 Å². The van der Waals surface area contributed by atoms with Gasteiger partial charge in [0, 0.05) is 20.9 Å². The fourth-order valence-corrected chi connectivity index (χ4v) is 2.91. The minimum atomic E-state index is -0.831. The standard InChI is InChI=1S/C16H12BrNO2/c17-13-7-3-1-6-11(13)16-12(9-15(19)20)10-5-2-4-8-14(10)18-16/h1-8,18H,9H2,(H,19,20). The largest absolute Gasteiger partial charge is 0.481 e. The molecule has 0 atom stereocenters. The summed E-state index contributed by atoms with van der Waals surface area (Å²) in [6, 6.07) is 15.6. The van der Waals surface area contributed by atoms with Gasteiger partial charge in [0.1, 0.15) is 0 Å². The minimum absolute atomic E-state index is 0.000676. The molecule has 3 aromatic rings. The number of carboxylic acids is 1. The van der Waals surface area contributed by atoms with Gasteiger partial charge in [0.15, 0.2) is 0 Å². The summed E-state index contributed by atoms with van der Waals surface area (Å²) in [6.45, 7) is 0. The molecule has 0 amide bonds. The van der Waals surface area contributed by atoms with E-state index in [0.717, 1.165) is 32.2 Å². The lowest BCUT2D eigenvalue weighted by atomic mass is 10.0. The Bertz CT molecular complexity index is 792. The Hall–Kier alpha value is -2.07. The number of para-hydroxylation sites is 1. The fourth-order valence-electron chi connectivity index (χ4n) is 2.43. The van der Waals surface area contributed by atoms with Crippen LogP contribution in [0.1, 0.15) is 5.56 Å². The first-order valence-corrected chi connectivity index (χ1v) is 7.02. The number of aromatic nitrogens is 1. The van der Waals surface area contributed by atoms with Crippen LogP contribution in [-0.4, -0.2) is 16.1 Å². The molecule has 1 heterocycles. The number of hydrogen-bond donors (Lipinski definition) is 2. The molecule has 0 unspecified atom stereocenters. The second-order valence-corrected chi connectivity index (χ2v) is 5.43. The lowest BCUT2D eigenvalue weighted by Crippen LogP contribution is -2.01. The second-order valence-electron chi connectivity index (χ2n) is 4.57. The van der Waals surface area contributed by atoms with Gasteiger partial charge >= 0.3 is 5.97 Å². The molecule has 0 fully saturated rings. The topological polar surface area (TPSA) is 53.1 Å². The highest BCUT2D eigenvalue weighted by Gasteiger charge is 2.16. The van der Waals surface area contributed by atoms with Crippen LogP contribution in [0.15, 0.2) is 53.0 Å². The Morgan fingerprint density at radius 3 is 2.55 bits per heavy atom. The van der Waals surface area contributed by atoms with Gasteiger partial charge in [0.2, 0.25) is 0 Å². The van der Waals surface area contributed by atoms with Crippen molar-refractivity contribution in [2.45, 2.75) is 6.42 Å². The van der Waals surface area contributed by atoms with E-state index in [1.165, 1.54) is 0 Å². The summed E-state index contributed by atoms with van der Waals surface area (Å²) in [4.78, 5) is 14.5. The summed E-state index contributed by atoms with van der Waals surface area (Å²) in [5.74, 6) is -0.831. The van der Waals surface area contributed by atoms with Crippen LogP contribution in [0.25, 0.3) is 22.2 Å².